The average Bonchev–Trinajstić information content (AvgIpc) is 3.09. The molecule has 4 nitrogen and oxygen atoms in total. The van der Waals surface area contributed by atoms with Crippen LogP contribution in [0.3, 0.4) is 0 Å². The lowest BCUT2D eigenvalue weighted by Crippen LogP contribution is -2.12. The first kappa shape index (κ1) is 16.6. The van der Waals surface area contributed by atoms with Crippen LogP contribution in [0, 0.1) is 0 Å². The van der Waals surface area contributed by atoms with Gasteiger partial charge in [0.05, 0.1) is 10.0 Å². The van der Waals surface area contributed by atoms with Crippen LogP contribution in [0.4, 0.5) is 5.69 Å². The van der Waals surface area contributed by atoms with Crippen molar-refractivity contribution >= 4 is 40.4 Å². The number of hydrogen-bond acceptors (Lipinski definition) is 2. The van der Waals surface area contributed by atoms with E-state index in [9.17, 15) is 4.79 Å². The molecule has 0 radical (unpaired) electrons. The second-order valence-electron chi connectivity index (χ2n) is 5.76. The van der Waals surface area contributed by atoms with Gasteiger partial charge in [-0.3, -0.25) is 4.79 Å². The number of imidazole rings is 1. The second-order valence-corrected chi connectivity index (χ2v) is 6.57. The minimum atomic E-state index is -0.312. The molecule has 2 heterocycles. The molecule has 0 atom stereocenters. The van der Waals surface area contributed by atoms with Gasteiger partial charge in [0.15, 0.2) is 0 Å². The molecule has 4 aromatic rings. The Morgan fingerprint density at radius 2 is 1.69 bits per heavy atom. The molecule has 0 fully saturated rings. The highest BCUT2D eigenvalue weighted by Crippen LogP contribution is 2.25. The van der Waals surface area contributed by atoms with E-state index in [1.54, 1.807) is 24.4 Å². The van der Waals surface area contributed by atoms with E-state index in [4.69, 9.17) is 23.2 Å². The number of halogens is 2. The van der Waals surface area contributed by atoms with E-state index in [1.807, 2.05) is 53.1 Å². The summed E-state index contributed by atoms with van der Waals surface area (Å²) in [5.41, 5.74) is 3.73. The van der Waals surface area contributed by atoms with Crippen LogP contribution in [-0.4, -0.2) is 15.3 Å². The Morgan fingerprint density at radius 1 is 0.885 bits per heavy atom. The highest BCUT2D eigenvalue weighted by Gasteiger charge is 2.12. The SMILES string of the molecule is O=C(Nc1ccc(Cl)c(Cl)c1)c1cn2cc(-c3ccccc3)ccc2n1. The zero-order valence-corrected chi connectivity index (χ0v) is 15.0. The minimum Gasteiger partial charge on any atom is -0.321 e. The van der Waals surface area contributed by atoms with Crippen molar-refractivity contribution in [2.75, 3.05) is 5.32 Å². The highest BCUT2D eigenvalue weighted by molar-refractivity contribution is 6.42. The maximum atomic E-state index is 12.5. The number of anilines is 1. The largest absolute Gasteiger partial charge is 0.321 e. The van der Waals surface area contributed by atoms with Crippen molar-refractivity contribution in [3.8, 4) is 11.1 Å². The van der Waals surface area contributed by atoms with Crippen molar-refractivity contribution in [2.45, 2.75) is 0 Å². The number of benzene rings is 2. The lowest BCUT2D eigenvalue weighted by Gasteiger charge is -2.04. The number of fused-ring (bicyclic) bond motifs is 1. The first-order valence-corrected chi connectivity index (χ1v) is 8.66. The maximum absolute atomic E-state index is 12.5. The molecule has 6 heteroatoms. The fourth-order valence-corrected chi connectivity index (χ4v) is 2.97. The summed E-state index contributed by atoms with van der Waals surface area (Å²) in [4.78, 5) is 16.8. The van der Waals surface area contributed by atoms with Crippen LogP contribution < -0.4 is 5.32 Å². The molecule has 0 saturated heterocycles. The van der Waals surface area contributed by atoms with E-state index in [1.165, 1.54) is 0 Å². The lowest BCUT2D eigenvalue weighted by atomic mass is 10.1. The predicted octanol–water partition coefficient (Wildman–Crippen LogP) is 5.56. The van der Waals surface area contributed by atoms with Crippen LogP contribution in [0.2, 0.25) is 10.0 Å². The van der Waals surface area contributed by atoms with Gasteiger partial charge in [0, 0.05) is 18.1 Å². The maximum Gasteiger partial charge on any atom is 0.275 e. The van der Waals surface area contributed by atoms with Gasteiger partial charge in [0.1, 0.15) is 11.3 Å². The van der Waals surface area contributed by atoms with Crippen LogP contribution in [-0.2, 0) is 0 Å². The number of carbonyl (C=O) groups is 1. The van der Waals surface area contributed by atoms with Crippen LogP contribution in [0.25, 0.3) is 16.8 Å². The number of hydrogen-bond donors (Lipinski definition) is 1. The summed E-state index contributed by atoms with van der Waals surface area (Å²) in [5, 5.41) is 3.59. The van der Waals surface area contributed by atoms with Crippen molar-refractivity contribution in [1.82, 2.24) is 9.38 Å². The second kappa shape index (κ2) is 6.83. The molecule has 0 aliphatic heterocycles. The molecule has 26 heavy (non-hydrogen) atoms. The third-order valence-corrected chi connectivity index (χ3v) is 4.71. The van der Waals surface area contributed by atoms with E-state index in [-0.39, 0.29) is 5.91 Å². The zero-order chi connectivity index (χ0) is 18.1. The van der Waals surface area contributed by atoms with Gasteiger partial charge in [0.2, 0.25) is 0 Å². The predicted molar refractivity (Wildman–Crippen MR) is 105 cm³/mol. The number of carbonyl (C=O) groups excluding carboxylic acids is 1. The summed E-state index contributed by atoms with van der Waals surface area (Å²) in [5.74, 6) is -0.312. The van der Waals surface area contributed by atoms with E-state index < -0.39 is 0 Å². The van der Waals surface area contributed by atoms with Crippen LogP contribution in [0.1, 0.15) is 10.5 Å². The number of pyridine rings is 1. The fraction of sp³-hybridized carbons (Fsp3) is 0. The molecular formula is C20H13Cl2N3O. The zero-order valence-electron chi connectivity index (χ0n) is 13.5. The molecule has 0 saturated carbocycles. The lowest BCUT2D eigenvalue weighted by molar-refractivity contribution is 0.102. The summed E-state index contributed by atoms with van der Waals surface area (Å²) in [6.45, 7) is 0. The number of nitrogens with one attached hydrogen (secondary N) is 1. The molecule has 4 rings (SSSR count). The standard InChI is InChI=1S/C20H13Cl2N3O/c21-16-8-7-15(10-17(16)22)23-20(26)18-12-25-11-14(6-9-19(25)24-18)13-4-2-1-3-5-13/h1-12H,(H,23,26). The van der Waals surface area contributed by atoms with E-state index in [2.05, 4.69) is 10.3 Å². The quantitative estimate of drug-likeness (QED) is 0.504. The van der Waals surface area contributed by atoms with Gasteiger partial charge >= 0.3 is 0 Å². The summed E-state index contributed by atoms with van der Waals surface area (Å²) in [6.07, 6.45) is 3.65. The Labute approximate surface area is 160 Å². The molecule has 0 unspecified atom stereocenters. The Hall–Kier alpha value is -2.82. The first-order chi connectivity index (χ1) is 12.6. The number of amides is 1. The molecular weight excluding hydrogens is 369 g/mol. The Bertz CT molecular complexity index is 1110. The molecule has 2 aromatic carbocycles. The Balaban J connectivity index is 1.62. The van der Waals surface area contributed by atoms with Gasteiger partial charge in [-0.05, 0) is 41.5 Å². The van der Waals surface area contributed by atoms with Crippen molar-refractivity contribution in [2.24, 2.45) is 0 Å². The molecule has 1 amide bonds. The minimum absolute atomic E-state index is 0.312. The van der Waals surface area contributed by atoms with Gasteiger partial charge in [0.25, 0.3) is 5.91 Å². The smallest absolute Gasteiger partial charge is 0.275 e. The summed E-state index contributed by atoms with van der Waals surface area (Å²) in [7, 11) is 0. The average molecular weight is 382 g/mol. The summed E-state index contributed by atoms with van der Waals surface area (Å²) >= 11 is 11.9. The monoisotopic (exact) mass is 381 g/mol. The van der Waals surface area contributed by atoms with Crippen molar-refractivity contribution in [1.29, 1.82) is 0 Å². The molecule has 0 spiro atoms. The van der Waals surface area contributed by atoms with Crippen molar-refractivity contribution in [3.63, 3.8) is 0 Å². The van der Waals surface area contributed by atoms with Gasteiger partial charge in [-0.15, -0.1) is 0 Å². The third-order valence-electron chi connectivity index (χ3n) is 3.97. The molecule has 0 aliphatic rings. The first-order valence-electron chi connectivity index (χ1n) is 7.91. The van der Waals surface area contributed by atoms with Crippen LogP contribution >= 0.6 is 23.2 Å². The van der Waals surface area contributed by atoms with E-state index >= 15 is 0 Å². The molecule has 2 aromatic heterocycles. The fourth-order valence-electron chi connectivity index (χ4n) is 2.67. The Morgan fingerprint density at radius 3 is 2.46 bits per heavy atom. The van der Waals surface area contributed by atoms with Crippen molar-refractivity contribution in [3.05, 3.63) is 88.8 Å². The van der Waals surface area contributed by atoms with Gasteiger partial charge in [-0.25, -0.2) is 4.98 Å². The topological polar surface area (TPSA) is 46.4 Å². The van der Waals surface area contributed by atoms with Gasteiger partial charge in [-0.1, -0.05) is 53.5 Å². The Kier molecular flexibility index (Phi) is 4.37. The molecule has 128 valence electrons. The van der Waals surface area contributed by atoms with Gasteiger partial charge < -0.3 is 9.72 Å². The van der Waals surface area contributed by atoms with E-state index in [0.29, 0.717) is 27.1 Å². The summed E-state index contributed by atoms with van der Waals surface area (Å²) in [6, 6.07) is 18.8. The number of aromatic nitrogens is 2. The van der Waals surface area contributed by atoms with Crippen LogP contribution in [0.15, 0.2) is 73.1 Å². The molecule has 0 aliphatic carbocycles. The van der Waals surface area contributed by atoms with Crippen molar-refractivity contribution < 1.29 is 4.79 Å². The summed E-state index contributed by atoms with van der Waals surface area (Å²) < 4.78 is 1.84. The van der Waals surface area contributed by atoms with E-state index in [0.717, 1.165) is 11.1 Å². The van der Waals surface area contributed by atoms with Gasteiger partial charge in [-0.2, -0.15) is 0 Å². The number of rotatable bonds is 3. The number of nitrogens with zero attached hydrogens (tertiary/aromatic N) is 2. The third kappa shape index (κ3) is 3.29. The van der Waals surface area contributed by atoms with Crippen LogP contribution in [0.5, 0.6) is 0 Å². The highest BCUT2D eigenvalue weighted by atomic mass is 35.5. The molecule has 1 N–H and O–H groups in total. The molecule has 0 bridgehead atoms. The normalized spacial score (nSPS) is 10.8.